The van der Waals surface area contributed by atoms with Crippen LogP contribution in [0.5, 0.6) is 0 Å². The standard InChI is InChI=1S/C57H60O10/c1-2-21-47-50(59-35-42-24-11-4-12-25-42)53(60-36-43-26-13-5-14-27-43)51(48(64-47)39-58-34-41-22-9-3-10-23-41)67-57-55(62-38-45-30-17-7-18-31-45)54(61-37-44-28-15-6-16-29-44)52-49(65-57)40-63-56(66-52)46-32-19-8-20-33-46/h2-20,22-33,47-57H,1,21,34-40H2/t47-,48+,49+,50-,51+,52-,53+,54-,55+,56?,57-/m0/s1. The molecule has 0 bridgehead atoms. The van der Waals surface area contributed by atoms with E-state index in [-0.39, 0.29) is 19.8 Å². The lowest BCUT2D eigenvalue weighted by atomic mass is 9.92. The van der Waals surface area contributed by atoms with Crippen LogP contribution in [0.1, 0.15) is 46.1 Å². The van der Waals surface area contributed by atoms with Crippen molar-refractivity contribution in [1.29, 1.82) is 0 Å². The lowest BCUT2D eigenvalue weighted by molar-refractivity contribution is -0.390. The molecule has 0 N–H and O–H groups in total. The van der Waals surface area contributed by atoms with Crippen LogP contribution in [0.3, 0.4) is 0 Å². The van der Waals surface area contributed by atoms with Gasteiger partial charge in [-0.2, -0.15) is 0 Å². The maximum atomic E-state index is 7.43. The molecule has 11 atom stereocenters. The molecule has 0 aliphatic carbocycles. The number of hydrogen-bond acceptors (Lipinski definition) is 10. The highest BCUT2D eigenvalue weighted by atomic mass is 16.8. The molecule has 6 aromatic rings. The summed E-state index contributed by atoms with van der Waals surface area (Å²) in [5.74, 6) is 0. The van der Waals surface area contributed by atoms with E-state index < -0.39 is 67.5 Å². The molecular formula is C57H60O10. The average Bonchev–Trinajstić information content (AvgIpc) is 3.39. The van der Waals surface area contributed by atoms with Gasteiger partial charge in [-0.25, -0.2) is 0 Å². The summed E-state index contributed by atoms with van der Waals surface area (Å²) in [6.45, 7) is 6.10. The molecule has 0 aromatic heterocycles. The third-order valence-electron chi connectivity index (χ3n) is 12.3. The second-order valence-electron chi connectivity index (χ2n) is 17.1. The van der Waals surface area contributed by atoms with Crippen LogP contribution >= 0.6 is 0 Å². The molecule has 348 valence electrons. The highest BCUT2D eigenvalue weighted by Gasteiger charge is 2.55. The van der Waals surface area contributed by atoms with Crippen LogP contribution in [-0.2, 0) is 80.4 Å². The van der Waals surface area contributed by atoms with E-state index in [4.69, 9.17) is 47.4 Å². The van der Waals surface area contributed by atoms with Crippen molar-refractivity contribution in [1.82, 2.24) is 0 Å². The van der Waals surface area contributed by atoms with Crippen LogP contribution in [0.2, 0.25) is 0 Å². The summed E-state index contributed by atoms with van der Waals surface area (Å²) < 4.78 is 69.2. The van der Waals surface area contributed by atoms with Gasteiger partial charge in [-0.15, -0.1) is 6.58 Å². The summed E-state index contributed by atoms with van der Waals surface area (Å²) >= 11 is 0. The molecule has 0 saturated carbocycles. The molecule has 0 amide bonds. The lowest BCUT2D eigenvalue weighted by Crippen LogP contribution is -2.67. The quantitative estimate of drug-likeness (QED) is 0.0651. The second kappa shape index (κ2) is 24.1. The van der Waals surface area contributed by atoms with Gasteiger partial charge in [0.25, 0.3) is 0 Å². The predicted molar refractivity (Wildman–Crippen MR) is 253 cm³/mol. The summed E-state index contributed by atoms with van der Waals surface area (Å²) in [6.07, 6.45) is -5.03. The fraction of sp³-hybridized carbons (Fsp3) is 0.333. The Balaban J connectivity index is 1.09. The third kappa shape index (κ3) is 12.6. The van der Waals surface area contributed by atoms with Gasteiger partial charge in [-0.3, -0.25) is 0 Å². The van der Waals surface area contributed by atoms with Crippen molar-refractivity contribution >= 4 is 0 Å². The van der Waals surface area contributed by atoms with E-state index in [1.807, 2.05) is 176 Å². The molecule has 67 heavy (non-hydrogen) atoms. The zero-order chi connectivity index (χ0) is 45.5. The Morgan fingerprint density at radius 2 is 0.896 bits per heavy atom. The van der Waals surface area contributed by atoms with Crippen molar-refractivity contribution in [2.75, 3.05) is 13.2 Å². The molecule has 10 heteroatoms. The number of fused-ring (bicyclic) bond motifs is 1. The van der Waals surface area contributed by atoms with Gasteiger partial charge in [0.2, 0.25) is 0 Å². The van der Waals surface area contributed by atoms with E-state index in [2.05, 4.69) is 18.7 Å². The summed E-state index contributed by atoms with van der Waals surface area (Å²) in [7, 11) is 0. The molecule has 3 saturated heterocycles. The van der Waals surface area contributed by atoms with Crippen molar-refractivity contribution in [2.24, 2.45) is 0 Å². The fourth-order valence-electron chi connectivity index (χ4n) is 8.92. The number of ether oxygens (including phenoxy) is 10. The SMILES string of the molecule is C=CC[C@@H]1O[C@H](COCc2ccccc2)[C@@H](O[C@@H]2O[C@@H]3COC(c4ccccc4)O[C@@H]3[C@H](OCc3ccccc3)[C@H]2OCc2ccccc2)[C@H](OCc2ccccc2)[C@H]1OCc1ccccc1. The first kappa shape index (κ1) is 46.8. The van der Waals surface area contributed by atoms with Crippen molar-refractivity contribution in [3.8, 4) is 0 Å². The van der Waals surface area contributed by atoms with Gasteiger partial charge in [0.1, 0.15) is 48.8 Å². The Labute approximate surface area is 394 Å². The Kier molecular flexibility index (Phi) is 16.8. The highest BCUT2D eigenvalue weighted by Crippen LogP contribution is 2.40. The van der Waals surface area contributed by atoms with Crippen LogP contribution in [0.25, 0.3) is 0 Å². The zero-order valence-electron chi connectivity index (χ0n) is 37.7. The minimum atomic E-state index is -1.01. The first-order valence-electron chi connectivity index (χ1n) is 23.3. The smallest absolute Gasteiger partial charge is 0.187 e. The van der Waals surface area contributed by atoms with Crippen LogP contribution in [0.15, 0.2) is 195 Å². The molecule has 1 unspecified atom stereocenters. The van der Waals surface area contributed by atoms with Crippen molar-refractivity contribution in [3.63, 3.8) is 0 Å². The van der Waals surface area contributed by atoms with Crippen LogP contribution < -0.4 is 0 Å². The number of benzene rings is 6. The van der Waals surface area contributed by atoms with Crippen molar-refractivity contribution < 1.29 is 47.4 Å². The Morgan fingerprint density at radius 3 is 1.40 bits per heavy atom. The third-order valence-corrected chi connectivity index (χ3v) is 12.3. The Bertz CT molecular complexity index is 2320. The van der Waals surface area contributed by atoms with Gasteiger partial charge < -0.3 is 47.4 Å². The Hall–Kier alpha value is -5.34. The Morgan fingerprint density at radius 1 is 0.448 bits per heavy atom. The number of rotatable bonds is 21. The van der Waals surface area contributed by atoms with Gasteiger partial charge in [-0.05, 0) is 34.2 Å². The molecule has 3 aliphatic heterocycles. The molecule has 3 aliphatic rings. The van der Waals surface area contributed by atoms with Gasteiger partial charge in [-0.1, -0.05) is 188 Å². The zero-order valence-corrected chi connectivity index (χ0v) is 37.7. The topological polar surface area (TPSA) is 92.3 Å². The summed E-state index contributed by atoms with van der Waals surface area (Å²) in [5.41, 5.74) is 5.96. The minimum Gasteiger partial charge on any atom is -0.374 e. The van der Waals surface area contributed by atoms with Crippen molar-refractivity contribution in [2.45, 2.75) is 107 Å². The molecule has 3 fully saturated rings. The molecule has 6 aromatic carbocycles. The van der Waals surface area contributed by atoms with Gasteiger partial charge in [0, 0.05) is 5.56 Å². The monoisotopic (exact) mass is 904 g/mol. The van der Waals surface area contributed by atoms with Gasteiger partial charge in [0.15, 0.2) is 12.6 Å². The average molecular weight is 905 g/mol. The molecule has 0 spiro atoms. The maximum absolute atomic E-state index is 7.43. The van der Waals surface area contributed by atoms with E-state index in [9.17, 15) is 0 Å². The normalized spacial score (nSPS) is 27.2. The number of hydrogen-bond donors (Lipinski definition) is 0. The van der Waals surface area contributed by atoms with Crippen LogP contribution in [-0.4, -0.2) is 74.4 Å². The van der Waals surface area contributed by atoms with Crippen molar-refractivity contribution in [3.05, 3.63) is 228 Å². The van der Waals surface area contributed by atoms with E-state index >= 15 is 0 Å². The molecule has 9 rings (SSSR count). The van der Waals surface area contributed by atoms with Crippen LogP contribution in [0.4, 0.5) is 0 Å². The fourth-order valence-corrected chi connectivity index (χ4v) is 8.92. The van der Waals surface area contributed by atoms with E-state index in [1.165, 1.54) is 0 Å². The highest BCUT2D eigenvalue weighted by molar-refractivity contribution is 5.19. The first-order chi connectivity index (χ1) is 33.2. The van der Waals surface area contributed by atoms with E-state index in [1.54, 1.807) is 0 Å². The summed E-state index contributed by atoms with van der Waals surface area (Å²) in [6, 6.07) is 60.4. The largest absolute Gasteiger partial charge is 0.374 e. The predicted octanol–water partition coefficient (Wildman–Crippen LogP) is 10.1. The summed E-state index contributed by atoms with van der Waals surface area (Å²) in [4.78, 5) is 0. The van der Waals surface area contributed by atoms with E-state index in [0.717, 1.165) is 33.4 Å². The summed E-state index contributed by atoms with van der Waals surface area (Å²) in [5, 5.41) is 0. The second-order valence-corrected chi connectivity index (χ2v) is 17.1. The van der Waals surface area contributed by atoms with Crippen LogP contribution in [0, 0.1) is 0 Å². The van der Waals surface area contributed by atoms with Gasteiger partial charge in [0.05, 0.1) is 52.4 Å². The first-order valence-corrected chi connectivity index (χ1v) is 23.3. The van der Waals surface area contributed by atoms with Gasteiger partial charge >= 0.3 is 0 Å². The molecule has 0 radical (unpaired) electrons. The molecule has 3 heterocycles. The van der Waals surface area contributed by atoms with E-state index in [0.29, 0.717) is 32.8 Å². The maximum Gasteiger partial charge on any atom is 0.187 e. The lowest BCUT2D eigenvalue weighted by Gasteiger charge is -2.51. The minimum absolute atomic E-state index is 0.192. The molecule has 10 nitrogen and oxygen atoms in total. The molecular weight excluding hydrogens is 845 g/mol.